The van der Waals surface area contributed by atoms with Crippen molar-refractivity contribution in [1.29, 1.82) is 0 Å². The molecule has 0 radical (unpaired) electrons. The van der Waals surface area contributed by atoms with Crippen LogP contribution in [0.5, 0.6) is 17.2 Å². The molecule has 1 saturated heterocycles. The Hall–Kier alpha value is -5.76. The van der Waals surface area contributed by atoms with E-state index < -0.39 is 80.1 Å². The normalized spacial score (nSPS) is 21.2. The number of nitrogens with one attached hydrogen (secondary N) is 3. The van der Waals surface area contributed by atoms with E-state index in [-0.39, 0.29) is 37.4 Å². The molecule has 0 spiro atoms. The molecular weight excluding hydrogens is 929 g/mol. The van der Waals surface area contributed by atoms with Crippen molar-refractivity contribution in [3.8, 4) is 28.0 Å². The lowest BCUT2D eigenvalue weighted by Crippen LogP contribution is -2.58. The summed E-state index contributed by atoms with van der Waals surface area (Å²) >= 11 is 1.42. The maximum absolute atomic E-state index is 15.0. The quantitative estimate of drug-likeness (QED) is 0.0413. The smallest absolute Gasteiger partial charge is 0.496 e. The van der Waals surface area contributed by atoms with Crippen LogP contribution in [0.2, 0.25) is 0 Å². The third-order valence-corrected chi connectivity index (χ3v) is 15.9. The van der Waals surface area contributed by atoms with Crippen molar-refractivity contribution in [3.05, 3.63) is 84.2 Å². The van der Waals surface area contributed by atoms with Gasteiger partial charge in [-0.05, 0) is 76.5 Å². The van der Waals surface area contributed by atoms with Crippen molar-refractivity contribution in [2.75, 3.05) is 19.0 Å². The molecule has 7 rings (SSSR count). The molecule has 5 atom stereocenters. The number of allylic oxidation sites excluding steroid dienone is 1. The van der Waals surface area contributed by atoms with Gasteiger partial charge in [-0.25, -0.2) is 22.8 Å². The van der Waals surface area contributed by atoms with Gasteiger partial charge in [-0.15, -0.1) is 37.7 Å². The number of sulfonamides is 1. The minimum atomic E-state index is -5.12. The summed E-state index contributed by atoms with van der Waals surface area (Å²) < 4.78 is 98.5. The number of fused-ring (bicyclic) bond motifs is 1. The van der Waals surface area contributed by atoms with Crippen molar-refractivity contribution >= 4 is 55.7 Å². The molecule has 4 aromatic rings. The number of thiazole rings is 1. The molecule has 3 aliphatic rings. The fourth-order valence-electron chi connectivity index (χ4n) is 8.46. The number of carbonyl (C=O) groups is 3. The van der Waals surface area contributed by atoms with Crippen LogP contribution in [0.4, 0.5) is 23.2 Å². The summed E-state index contributed by atoms with van der Waals surface area (Å²) in [5, 5.41) is 8.90. The minimum Gasteiger partial charge on any atom is -0.496 e. The highest BCUT2D eigenvalue weighted by molar-refractivity contribution is 7.91. The predicted octanol–water partition coefficient (Wildman–Crippen LogP) is 8.86. The fourth-order valence-corrected chi connectivity index (χ4v) is 10.7. The van der Waals surface area contributed by atoms with E-state index >= 15 is 4.79 Å². The molecule has 3 fully saturated rings. The van der Waals surface area contributed by atoms with E-state index in [1.807, 2.05) is 26.2 Å². The van der Waals surface area contributed by atoms with Gasteiger partial charge in [0.25, 0.3) is 5.91 Å². The molecule has 14 nitrogen and oxygen atoms in total. The van der Waals surface area contributed by atoms with E-state index in [0.717, 1.165) is 29.8 Å². The summed E-state index contributed by atoms with van der Waals surface area (Å²) in [4.78, 5) is 54.8. The monoisotopic (exact) mass is 984 g/mol. The Labute approximate surface area is 397 Å². The number of aryl methyl sites for hydroxylation is 1. The van der Waals surface area contributed by atoms with Gasteiger partial charge >= 0.3 is 6.36 Å². The highest BCUT2D eigenvalue weighted by Gasteiger charge is 2.63. The van der Waals surface area contributed by atoms with Crippen LogP contribution in [0.1, 0.15) is 95.7 Å². The molecule has 2 aromatic heterocycles. The molecule has 3 heterocycles. The molecule has 3 N–H and O–H groups in total. The van der Waals surface area contributed by atoms with Crippen LogP contribution in [-0.4, -0.2) is 89.5 Å². The van der Waals surface area contributed by atoms with Crippen LogP contribution in [0.25, 0.3) is 21.6 Å². The second-order valence-electron chi connectivity index (χ2n) is 18.2. The number of hydrogen-bond donors (Lipinski definition) is 3. The highest BCUT2D eigenvalue weighted by Crippen LogP contribution is 2.47. The molecule has 0 bridgehead atoms. The molecule has 68 heavy (non-hydrogen) atoms. The van der Waals surface area contributed by atoms with Crippen LogP contribution < -0.4 is 29.6 Å². The average Bonchev–Trinajstić information content (AvgIpc) is 4.06. The first kappa shape index (κ1) is 50.1. The summed E-state index contributed by atoms with van der Waals surface area (Å²) in [6.07, 6.45) is 0.495. The number of halogens is 4. The number of carbonyl (C=O) groups excluding carboxylic acids is 3. The zero-order valence-electron chi connectivity index (χ0n) is 38.5. The van der Waals surface area contributed by atoms with Crippen molar-refractivity contribution in [3.63, 3.8) is 0 Å². The lowest BCUT2D eigenvalue weighted by molar-refractivity contribution is -0.274. The molecule has 20 heteroatoms. The first-order valence-electron chi connectivity index (χ1n) is 22.5. The first-order chi connectivity index (χ1) is 32.1. The molecule has 366 valence electrons. The highest BCUT2D eigenvalue weighted by atomic mass is 32.2. The second-order valence-corrected chi connectivity index (χ2v) is 21.3. The number of anilines is 1. The fraction of sp³-hybridized carbons (Fsp3) is 0.479. The van der Waals surface area contributed by atoms with Gasteiger partial charge in [0.2, 0.25) is 21.8 Å². The van der Waals surface area contributed by atoms with Gasteiger partial charge in [0.05, 0.1) is 29.6 Å². The summed E-state index contributed by atoms with van der Waals surface area (Å²) in [5.41, 5.74) is 0.803. The summed E-state index contributed by atoms with van der Waals surface area (Å²) in [6.45, 7) is 14.8. The number of unbranched alkanes of at least 4 members (excludes halogenated alkanes) is 3. The van der Waals surface area contributed by atoms with E-state index in [1.165, 1.54) is 29.2 Å². The van der Waals surface area contributed by atoms with Gasteiger partial charge in [0.1, 0.15) is 57.5 Å². The SMILES string of the molecule is C=CCCCCC[C@H](Nc1cc(F)cc(OC(F)(F)F)c1)C(=O)N1C[C@H](Oc2cc(-c3nc(C(C)C)cs3)nc3c(C)c(OC)ccc23)C[C@H]1C(=O)N[C@]1(C(=O)NS(=O)(=O)C2(C)CC2)C[C@H]1C=C. The topological polar surface area (TPSA) is 178 Å². The van der Waals surface area contributed by atoms with E-state index in [1.54, 1.807) is 31.4 Å². The average molecular weight is 985 g/mol. The summed E-state index contributed by atoms with van der Waals surface area (Å²) in [5.74, 6) is -3.81. The molecular formula is C48H56F4N6O8S2. The molecule has 1 aliphatic heterocycles. The Kier molecular flexibility index (Phi) is 14.5. The number of amides is 3. The Balaban J connectivity index is 1.25. The van der Waals surface area contributed by atoms with Gasteiger partial charge in [-0.1, -0.05) is 38.8 Å². The molecule has 2 saturated carbocycles. The Morgan fingerprint density at radius 3 is 2.44 bits per heavy atom. The maximum atomic E-state index is 15.0. The van der Waals surface area contributed by atoms with Gasteiger partial charge in [-0.2, -0.15) is 0 Å². The lowest BCUT2D eigenvalue weighted by atomic mass is 10.0. The van der Waals surface area contributed by atoms with E-state index in [2.05, 4.69) is 33.3 Å². The number of pyridine rings is 1. The van der Waals surface area contributed by atoms with Crippen LogP contribution in [0.3, 0.4) is 0 Å². The maximum Gasteiger partial charge on any atom is 0.573 e. The largest absolute Gasteiger partial charge is 0.573 e. The number of alkyl halides is 3. The number of methoxy groups -OCH3 is 1. The summed E-state index contributed by atoms with van der Waals surface area (Å²) in [6, 6.07) is 5.20. The molecule has 0 unspecified atom stereocenters. The van der Waals surface area contributed by atoms with E-state index in [9.17, 15) is 35.6 Å². The van der Waals surface area contributed by atoms with Crippen LogP contribution >= 0.6 is 11.3 Å². The van der Waals surface area contributed by atoms with Crippen LogP contribution in [0.15, 0.2) is 67.1 Å². The minimum absolute atomic E-state index is 0.0432. The van der Waals surface area contributed by atoms with E-state index in [4.69, 9.17) is 19.4 Å². The number of nitrogens with zero attached hydrogens (tertiary/aromatic N) is 3. The Morgan fingerprint density at radius 2 is 1.81 bits per heavy atom. The molecule has 2 aromatic carbocycles. The van der Waals surface area contributed by atoms with Gasteiger partial charge in [0.15, 0.2) is 0 Å². The Bertz CT molecular complexity index is 2710. The Morgan fingerprint density at radius 1 is 1.06 bits per heavy atom. The van der Waals surface area contributed by atoms with Gasteiger partial charge in [-0.3, -0.25) is 19.1 Å². The predicted molar refractivity (Wildman–Crippen MR) is 250 cm³/mol. The van der Waals surface area contributed by atoms with Crippen LogP contribution in [0, 0.1) is 18.7 Å². The van der Waals surface area contributed by atoms with Crippen LogP contribution in [-0.2, 0) is 24.4 Å². The molecule has 3 amide bonds. The van der Waals surface area contributed by atoms with Crippen molar-refractivity contribution in [2.24, 2.45) is 5.92 Å². The third kappa shape index (κ3) is 10.9. The third-order valence-electron chi connectivity index (χ3n) is 12.9. The van der Waals surface area contributed by atoms with Crippen molar-refractivity contribution in [1.82, 2.24) is 24.9 Å². The number of benzene rings is 2. The van der Waals surface area contributed by atoms with E-state index in [0.29, 0.717) is 71.3 Å². The number of aromatic nitrogens is 2. The zero-order chi connectivity index (χ0) is 49.3. The van der Waals surface area contributed by atoms with Gasteiger partial charge < -0.3 is 29.7 Å². The number of rotatable bonds is 21. The number of hydrogen-bond acceptors (Lipinski definition) is 12. The first-order valence-corrected chi connectivity index (χ1v) is 24.8. The van der Waals surface area contributed by atoms with Crippen molar-refractivity contribution in [2.45, 2.75) is 126 Å². The van der Waals surface area contributed by atoms with Gasteiger partial charge in [0, 0.05) is 52.6 Å². The lowest BCUT2D eigenvalue weighted by Gasteiger charge is -2.30. The summed E-state index contributed by atoms with van der Waals surface area (Å²) in [7, 11) is -2.56. The zero-order valence-corrected chi connectivity index (χ0v) is 40.1. The number of ether oxygens (including phenoxy) is 3. The van der Waals surface area contributed by atoms with Crippen molar-refractivity contribution < 1.29 is 54.6 Å². The second kappa shape index (κ2) is 19.7. The standard InChI is InChI=1S/C48H56F4N6O8S2/c1-8-10-11-12-13-14-35(53-31-19-30(49)20-32(21-31)66-48(50,51)52)44(60)58-25-33(22-38(58)42(59)56-47(24-29(47)9-2)45(61)57-68(62,63)46(6)17-18-46)65-40-23-36(43-55-37(26-67-43)27(3)4)54-41-28(5)39(64-7)16-15-34(40)41/h8-9,15-16,19-21,23,26-27,29,33,35,38,53H,1-2,10-14,17-18,22,24-25H2,3-7H3,(H,56,59)(H,57,61)/t29-,33-,35+,38+,47-/m1/s1. The number of likely N-dealkylation sites (tertiary alicyclic amines) is 1. The molecule has 2 aliphatic carbocycles.